The summed E-state index contributed by atoms with van der Waals surface area (Å²) in [5.74, 6) is -0.489. The molecule has 0 heterocycles. The summed E-state index contributed by atoms with van der Waals surface area (Å²) >= 11 is 0. The Morgan fingerprint density at radius 2 is 1.41 bits per heavy atom. The third kappa shape index (κ3) is 6.61. The van der Waals surface area contributed by atoms with Gasteiger partial charge in [0, 0.05) is 12.1 Å². The Labute approximate surface area is 126 Å². The van der Waals surface area contributed by atoms with Crippen molar-refractivity contribution in [2.24, 2.45) is 11.5 Å². The van der Waals surface area contributed by atoms with Gasteiger partial charge in [-0.1, -0.05) is 12.1 Å². The molecule has 22 heavy (non-hydrogen) atoms. The zero-order valence-electron chi connectivity index (χ0n) is 12.0. The van der Waals surface area contributed by atoms with Gasteiger partial charge in [-0.05, 0) is 36.5 Å². The summed E-state index contributed by atoms with van der Waals surface area (Å²) in [6.07, 6.45) is -3.92. The fraction of sp³-hybridized carbons (Fsp3) is 0.571. The molecule has 0 aliphatic heterocycles. The molecular weight excluding hydrogens is 301 g/mol. The number of aliphatic hydroxyl groups is 2. The quantitative estimate of drug-likeness (QED) is 0.574. The largest absolute Gasteiger partial charge is 0.573 e. The van der Waals surface area contributed by atoms with Gasteiger partial charge in [-0.25, -0.2) is 0 Å². The number of hydrogen-bond donors (Lipinski definition) is 4. The van der Waals surface area contributed by atoms with Crippen molar-refractivity contribution in [2.75, 3.05) is 13.2 Å². The predicted octanol–water partition coefficient (Wildman–Crippen LogP) is 1.09. The van der Waals surface area contributed by atoms with E-state index in [1.54, 1.807) is 0 Å². The van der Waals surface area contributed by atoms with E-state index in [4.69, 9.17) is 21.7 Å². The van der Waals surface area contributed by atoms with Crippen LogP contribution in [0.15, 0.2) is 24.3 Å². The van der Waals surface area contributed by atoms with E-state index >= 15 is 0 Å². The number of rotatable bonds is 8. The predicted molar refractivity (Wildman–Crippen MR) is 75.2 cm³/mol. The lowest BCUT2D eigenvalue weighted by Gasteiger charge is -2.23. The highest BCUT2D eigenvalue weighted by Crippen LogP contribution is 2.29. The summed E-state index contributed by atoms with van der Waals surface area (Å²) < 4.78 is 40.2. The standard InChI is InChI=1S/C14H21F3N2O3/c15-14(16,17)22-13-3-1-9(2-4-13)10(5-11(18)7-20)6-12(19)8-21/h1-4,10-12,20-21H,5-8,18-19H2. The molecule has 8 heteroatoms. The van der Waals surface area contributed by atoms with E-state index in [1.807, 2.05) is 0 Å². The third-order valence-corrected chi connectivity index (χ3v) is 3.23. The van der Waals surface area contributed by atoms with Gasteiger partial charge in [-0.2, -0.15) is 0 Å². The van der Waals surface area contributed by atoms with Crippen molar-refractivity contribution in [1.82, 2.24) is 0 Å². The van der Waals surface area contributed by atoms with Gasteiger partial charge in [0.15, 0.2) is 0 Å². The van der Waals surface area contributed by atoms with E-state index in [1.165, 1.54) is 24.3 Å². The van der Waals surface area contributed by atoms with Crippen LogP contribution < -0.4 is 16.2 Å². The SMILES string of the molecule is NC(CO)CC(CC(N)CO)c1ccc(OC(F)(F)F)cc1. The van der Waals surface area contributed by atoms with E-state index in [-0.39, 0.29) is 24.9 Å². The van der Waals surface area contributed by atoms with Gasteiger partial charge in [0.2, 0.25) is 0 Å². The van der Waals surface area contributed by atoms with E-state index < -0.39 is 18.4 Å². The number of nitrogens with two attached hydrogens (primary N) is 2. The van der Waals surface area contributed by atoms with Crippen molar-refractivity contribution in [2.45, 2.75) is 37.2 Å². The first-order chi connectivity index (χ1) is 10.2. The monoisotopic (exact) mass is 322 g/mol. The van der Waals surface area contributed by atoms with Gasteiger partial charge in [0.1, 0.15) is 5.75 Å². The summed E-state index contributed by atoms with van der Waals surface area (Å²) in [5, 5.41) is 18.1. The molecule has 2 unspecified atom stereocenters. The number of alkyl halides is 3. The van der Waals surface area contributed by atoms with E-state index in [9.17, 15) is 13.2 Å². The summed E-state index contributed by atoms with van der Waals surface area (Å²) in [5.41, 5.74) is 12.2. The van der Waals surface area contributed by atoms with Crippen LogP contribution in [0.25, 0.3) is 0 Å². The second-order valence-electron chi connectivity index (χ2n) is 5.17. The minimum absolute atomic E-state index is 0.177. The fourth-order valence-electron chi connectivity index (χ4n) is 2.19. The zero-order chi connectivity index (χ0) is 16.8. The molecule has 1 aromatic rings. The smallest absolute Gasteiger partial charge is 0.406 e. The van der Waals surface area contributed by atoms with Crippen LogP contribution in [-0.4, -0.2) is 41.9 Å². The molecule has 126 valence electrons. The maximum atomic E-state index is 12.1. The lowest BCUT2D eigenvalue weighted by molar-refractivity contribution is -0.274. The van der Waals surface area contributed by atoms with Gasteiger partial charge in [-0.3, -0.25) is 0 Å². The van der Waals surface area contributed by atoms with Crippen LogP contribution in [0.4, 0.5) is 13.2 Å². The number of halogens is 3. The van der Waals surface area contributed by atoms with Crippen LogP contribution in [0.2, 0.25) is 0 Å². The van der Waals surface area contributed by atoms with Crippen LogP contribution in [0.3, 0.4) is 0 Å². The highest BCUT2D eigenvalue weighted by Gasteiger charge is 2.31. The van der Waals surface area contributed by atoms with Crippen LogP contribution >= 0.6 is 0 Å². The summed E-state index contributed by atoms with van der Waals surface area (Å²) in [7, 11) is 0. The van der Waals surface area contributed by atoms with Crippen LogP contribution in [0, 0.1) is 0 Å². The molecule has 0 aliphatic rings. The lowest BCUT2D eigenvalue weighted by Crippen LogP contribution is -2.31. The van der Waals surface area contributed by atoms with Crippen molar-refractivity contribution in [3.05, 3.63) is 29.8 Å². The average Bonchev–Trinajstić information content (AvgIpc) is 2.45. The van der Waals surface area contributed by atoms with Crippen molar-refractivity contribution < 1.29 is 28.1 Å². The first-order valence-corrected chi connectivity index (χ1v) is 6.83. The number of benzene rings is 1. The maximum absolute atomic E-state index is 12.1. The van der Waals surface area contributed by atoms with Crippen LogP contribution in [-0.2, 0) is 0 Å². The highest BCUT2D eigenvalue weighted by molar-refractivity contribution is 5.30. The Balaban J connectivity index is 2.84. The maximum Gasteiger partial charge on any atom is 0.573 e. The van der Waals surface area contributed by atoms with Gasteiger partial charge < -0.3 is 26.4 Å². The molecule has 0 saturated heterocycles. The summed E-state index contributed by atoms with van der Waals surface area (Å²) in [6, 6.07) is 4.49. The molecule has 0 fully saturated rings. The molecule has 0 aliphatic carbocycles. The highest BCUT2D eigenvalue weighted by atomic mass is 19.4. The second kappa shape index (κ2) is 8.33. The summed E-state index contributed by atoms with van der Waals surface area (Å²) in [4.78, 5) is 0. The van der Waals surface area contributed by atoms with Gasteiger partial charge in [0.25, 0.3) is 0 Å². The first kappa shape index (κ1) is 18.7. The lowest BCUT2D eigenvalue weighted by atomic mass is 9.87. The van der Waals surface area contributed by atoms with Crippen LogP contribution in [0.5, 0.6) is 5.75 Å². The topological polar surface area (TPSA) is 102 Å². The van der Waals surface area contributed by atoms with E-state index in [0.717, 1.165) is 5.56 Å². The van der Waals surface area contributed by atoms with Crippen molar-refractivity contribution in [3.8, 4) is 5.75 Å². The molecule has 0 saturated carbocycles. The summed E-state index contributed by atoms with van der Waals surface area (Å²) in [6.45, 7) is -0.416. The van der Waals surface area contributed by atoms with Gasteiger partial charge in [0.05, 0.1) is 13.2 Å². The Hall–Kier alpha value is -1.35. The first-order valence-electron chi connectivity index (χ1n) is 6.83. The van der Waals surface area contributed by atoms with E-state index in [0.29, 0.717) is 12.8 Å². The Kier molecular flexibility index (Phi) is 7.08. The average molecular weight is 322 g/mol. The Morgan fingerprint density at radius 1 is 0.955 bits per heavy atom. The van der Waals surface area contributed by atoms with Crippen molar-refractivity contribution >= 4 is 0 Å². The molecule has 0 aromatic heterocycles. The van der Waals surface area contributed by atoms with Crippen molar-refractivity contribution in [1.29, 1.82) is 0 Å². The molecule has 1 aromatic carbocycles. The van der Waals surface area contributed by atoms with Gasteiger partial charge in [-0.15, -0.1) is 13.2 Å². The fourth-order valence-corrected chi connectivity index (χ4v) is 2.19. The molecule has 0 radical (unpaired) electrons. The third-order valence-electron chi connectivity index (χ3n) is 3.23. The molecule has 6 N–H and O–H groups in total. The van der Waals surface area contributed by atoms with E-state index in [2.05, 4.69) is 4.74 Å². The number of ether oxygens (including phenoxy) is 1. The molecule has 0 spiro atoms. The molecule has 5 nitrogen and oxygen atoms in total. The second-order valence-corrected chi connectivity index (χ2v) is 5.17. The molecular formula is C14H21F3N2O3. The normalized spacial score (nSPS) is 16.1. The number of aliphatic hydroxyl groups excluding tert-OH is 2. The Morgan fingerprint density at radius 3 is 1.77 bits per heavy atom. The number of hydrogen-bond acceptors (Lipinski definition) is 5. The van der Waals surface area contributed by atoms with Crippen LogP contribution in [0.1, 0.15) is 24.3 Å². The molecule has 2 atom stereocenters. The zero-order valence-corrected chi connectivity index (χ0v) is 12.0. The molecule has 0 bridgehead atoms. The van der Waals surface area contributed by atoms with Gasteiger partial charge >= 0.3 is 6.36 Å². The Bertz CT molecular complexity index is 428. The molecule has 1 rings (SSSR count). The minimum atomic E-state index is -4.74. The minimum Gasteiger partial charge on any atom is -0.406 e. The van der Waals surface area contributed by atoms with Crippen molar-refractivity contribution in [3.63, 3.8) is 0 Å². The molecule has 0 amide bonds.